The molecule has 2 aromatic rings. The van der Waals surface area contributed by atoms with Gasteiger partial charge in [0.25, 0.3) is 0 Å². The largest absolute Gasteiger partial charge is 0.586 e. The number of carbonyl (C=O) groups is 1. The summed E-state index contributed by atoms with van der Waals surface area (Å²) < 4.78 is 60.9. The van der Waals surface area contributed by atoms with Crippen LogP contribution in [0.3, 0.4) is 0 Å². The molecule has 132 valence electrons. The molecule has 0 saturated heterocycles. The average molecular weight is 356 g/mol. The Morgan fingerprint density at radius 3 is 2.52 bits per heavy atom. The lowest BCUT2D eigenvalue weighted by molar-refractivity contribution is -0.286. The molecule has 0 unspecified atom stereocenters. The van der Waals surface area contributed by atoms with Crippen LogP contribution in [0.1, 0.15) is 6.92 Å². The molecule has 1 atom stereocenters. The van der Waals surface area contributed by atoms with E-state index in [2.05, 4.69) is 20.1 Å². The van der Waals surface area contributed by atoms with E-state index in [0.717, 1.165) is 12.1 Å². The highest BCUT2D eigenvalue weighted by atomic mass is 19.3. The third kappa shape index (κ3) is 3.76. The molecule has 1 aliphatic rings. The van der Waals surface area contributed by atoms with Crippen molar-refractivity contribution in [3.8, 4) is 11.5 Å². The molecule has 1 aliphatic heterocycles. The summed E-state index contributed by atoms with van der Waals surface area (Å²) in [4.78, 5) is 12.1. The van der Waals surface area contributed by atoms with E-state index < -0.39 is 29.9 Å². The predicted octanol–water partition coefficient (Wildman–Crippen LogP) is 3.73. The summed E-state index contributed by atoms with van der Waals surface area (Å²) in [6.45, 7) is 1.48. The highest BCUT2D eigenvalue weighted by molar-refractivity contribution is 5.96. The van der Waals surface area contributed by atoms with Crippen LogP contribution in [-0.2, 0) is 4.79 Å². The van der Waals surface area contributed by atoms with Crippen molar-refractivity contribution in [2.24, 2.45) is 0 Å². The Bertz CT molecular complexity index is 829. The van der Waals surface area contributed by atoms with Gasteiger partial charge in [-0.05, 0) is 31.2 Å². The lowest BCUT2D eigenvalue weighted by atomic mass is 10.2. The number of nitrogens with one attached hydrogen (secondary N) is 2. The van der Waals surface area contributed by atoms with Crippen LogP contribution in [0.4, 0.5) is 28.9 Å². The molecule has 0 fully saturated rings. The zero-order valence-corrected chi connectivity index (χ0v) is 12.8. The van der Waals surface area contributed by atoms with Crippen molar-refractivity contribution in [3.63, 3.8) is 0 Å². The van der Waals surface area contributed by atoms with Crippen LogP contribution in [0, 0.1) is 11.6 Å². The number of hydrogen-bond donors (Lipinski definition) is 2. The molecule has 1 amide bonds. The van der Waals surface area contributed by atoms with E-state index in [1.54, 1.807) is 0 Å². The summed E-state index contributed by atoms with van der Waals surface area (Å²) in [5.74, 6) is -2.58. The van der Waals surface area contributed by atoms with Crippen LogP contribution in [0.25, 0.3) is 0 Å². The summed E-state index contributed by atoms with van der Waals surface area (Å²) in [6.07, 6.45) is -3.73. The second kappa shape index (κ2) is 6.15. The first kappa shape index (κ1) is 16.9. The minimum Gasteiger partial charge on any atom is -0.395 e. The van der Waals surface area contributed by atoms with Crippen LogP contribution in [0.2, 0.25) is 0 Å². The number of hydrogen-bond acceptors (Lipinski definition) is 4. The van der Waals surface area contributed by atoms with Crippen molar-refractivity contribution >= 4 is 17.3 Å². The van der Waals surface area contributed by atoms with Gasteiger partial charge in [0.15, 0.2) is 11.5 Å². The number of fused-ring (bicyclic) bond motifs is 1. The van der Waals surface area contributed by atoms with Crippen LogP contribution in [0.5, 0.6) is 11.5 Å². The monoisotopic (exact) mass is 356 g/mol. The maximum absolute atomic E-state index is 13.5. The fraction of sp³-hybridized carbons (Fsp3) is 0.188. The van der Waals surface area contributed by atoms with E-state index in [9.17, 15) is 22.4 Å². The molecule has 0 radical (unpaired) electrons. The number of rotatable bonds is 4. The zero-order valence-electron chi connectivity index (χ0n) is 12.8. The highest BCUT2D eigenvalue weighted by Gasteiger charge is 2.43. The summed E-state index contributed by atoms with van der Waals surface area (Å²) in [6, 6.07) is 5.84. The van der Waals surface area contributed by atoms with Crippen LogP contribution in [0.15, 0.2) is 36.4 Å². The summed E-state index contributed by atoms with van der Waals surface area (Å²) in [5, 5.41) is 5.06. The number of alkyl halides is 2. The van der Waals surface area contributed by atoms with E-state index in [1.165, 1.54) is 25.1 Å². The van der Waals surface area contributed by atoms with Crippen molar-refractivity contribution in [3.05, 3.63) is 48.0 Å². The number of carbonyl (C=O) groups excluding carboxylic acids is 1. The molecular formula is C16H12F4N2O3. The Morgan fingerprint density at radius 2 is 1.80 bits per heavy atom. The van der Waals surface area contributed by atoms with Crippen molar-refractivity contribution in [1.82, 2.24) is 0 Å². The molecule has 9 heteroatoms. The fourth-order valence-corrected chi connectivity index (χ4v) is 2.19. The number of ether oxygens (including phenoxy) is 2. The molecule has 0 bridgehead atoms. The maximum Gasteiger partial charge on any atom is 0.586 e. The molecule has 2 aromatic carbocycles. The van der Waals surface area contributed by atoms with E-state index in [-0.39, 0.29) is 17.2 Å². The summed E-state index contributed by atoms with van der Waals surface area (Å²) >= 11 is 0. The van der Waals surface area contributed by atoms with Gasteiger partial charge in [-0.1, -0.05) is 0 Å². The number of anilines is 2. The van der Waals surface area contributed by atoms with Gasteiger partial charge in [0.1, 0.15) is 17.7 Å². The fourth-order valence-electron chi connectivity index (χ4n) is 2.19. The third-order valence-corrected chi connectivity index (χ3v) is 3.37. The van der Waals surface area contributed by atoms with Crippen molar-refractivity contribution in [2.45, 2.75) is 19.3 Å². The van der Waals surface area contributed by atoms with E-state index in [1.807, 2.05) is 0 Å². The van der Waals surface area contributed by atoms with Gasteiger partial charge in [-0.15, -0.1) is 8.78 Å². The van der Waals surface area contributed by atoms with Gasteiger partial charge in [0, 0.05) is 17.8 Å². The zero-order chi connectivity index (χ0) is 18.2. The summed E-state index contributed by atoms with van der Waals surface area (Å²) in [7, 11) is 0. The molecule has 0 aromatic heterocycles. The summed E-state index contributed by atoms with van der Waals surface area (Å²) in [5.41, 5.74) is 0.146. The van der Waals surface area contributed by atoms with Gasteiger partial charge in [-0.25, -0.2) is 8.78 Å². The second-order valence-corrected chi connectivity index (χ2v) is 5.31. The minimum atomic E-state index is -3.73. The Kier molecular flexibility index (Phi) is 4.15. The van der Waals surface area contributed by atoms with Gasteiger partial charge >= 0.3 is 6.29 Å². The Morgan fingerprint density at radius 1 is 1.08 bits per heavy atom. The normalized spacial score (nSPS) is 15.6. The average Bonchev–Trinajstić information content (AvgIpc) is 2.83. The van der Waals surface area contributed by atoms with Gasteiger partial charge in [-0.3, -0.25) is 4.79 Å². The van der Waals surface area contributed by atoms with Crippen LogP contribution in [-0.4, -0.2) is 18.2 Å². The molecule has 25 heavy (non-hydrogen) atoms. The third-order valence-electron chi connectivity index (χ3n) is 3.37. The molecule has 2 N–H and O–H groups in total. The molecule has 0 saturated carbocycles. The van der Waals surface area contributed by atoms with E-state index in [0.29, 0.717) is 11.8 Å². The lowest BCUT2D eigenvalue weighted by Gasteiger charge is -2.16. The van der Waals surface area contributed by atoms with Crippen LogP contribution < -0.4 is 20.1 Å². The Hall–Kier alpha value is -2.97. The van der Waals surface area contributed by atoms with Crippen molar-refractivity contribution < 1.29 is 31.8 Å². The first-order valence-electron chi connectivity index (χ1n) is 7.16. The lowest BCUT2D eigenvalue weighted by Crippen LogP contribution is -2.32. The molecule has 5 nitrogen and oxygen atoms in total. The SMILES string of the molecule is C[C@H](Nc1ccc2c(c1)OC(F)(F)O2)C(=O)Nc1ccc(F)cc1F. The number of amides is 1. The molecule has 3 rings (SSSR count). The van der Waals surface area contributed by atoms with Gasteiger partial charge in [0.05, 0.1) is 5.69 Å². The highest BCUT2D eigenvalue weighted by Crippen LogP contribution is 2.42. The van der Waals surface area contributed by atoms with E-state index in [4.69, 9.17) is 0 Å². The Labute approximate surface area is 139 Å². The van der Waals surface area contributed by atoms with E-state index >= 15 is 0 Å². The smallest absolute Gasteiger partial charge is 0.395 e. The van der Waals surface area contributed by atoms with Gasteiger partial charge in [0.2, 0.25) is 5.91 Å². The number of halogens is 4. The predicted molar refractivity (Wildman–Crippen MR) is 80.7 cm³/mol. The number of benzene rings is 2. The topological polar surface area (TPSA) is 59.6 Å². The maximum atomic E-state index is 13.5. The second-order valence-electron chi connectivity index (χ2n) is 5.31. The van der Waals surface area contributed by atoms with Crippen LogP contribution >= 0.6 is 0 Å². The minimum absolute atomic E-state index is 0.124. The molecule has 0 spiro atoms. The molecule has 0 aliphatic carbocycles. The quantitative estimate of drug-likeness (QED) is 0.820. The molecule has 1 heterocycles. The first-order chi connectivity index (χ1) is 11.7. The Balaban J connectivity index is 1.66. The van der Waals surface area contributed by atoms with Gasteiger partial charge < -0.3 is 20.1 Å². The first-order valence-corrected chi connectivity index (χ1v) is 7.16. The van der Waals surface area contributed by atoms with Gasteiger partial charge in [-0.2, -0.15) is 0 Å². The molecular weight excluding hydrogens is 344 g/mol. The van der Waals surface area contributed by atoms with Crippen molar-refractivity contribution in [2.75, 3.05) is 10.6 Å². The standard InChI is InChI=1S/C16H12F4N2O3/c1-8(15(23)22-12-4-2-9(17)6-11(12)18)21-10-3-5-13-14(7-10)25-16(19,20)24-13/h2-8,21H,1H3,(H,22,23)/t8-/m0/s1. The van der Waals surface area contributed by atoms with Crippen molar-refractivity contribution in [1.29, 1.82) is 0 Å².